The van der Waals surface area contributed by atoms with Crippen molar-refractivity contribution in [2.24, 2.45) is 0 Å². The van der Waals surface area contributed by atoms with Gasteiger partial charge < -0.3 is 4.74 Å². The molecule has 0 atom stereocenters. The van der Waals surface area contributed by atoms with Gasteiger partial charge in [-0.2, -0.15) is 0 Å². The molecule has 0 fully saturated rings. The maximum absolute atomic E-state index is 12.0. The summed E-state index contributed by atoms with van der Waals surface area (Å²) >= 11 is 6.05. The minimum absolute atomic E-state index is 0.0207. The number of aryl methyl sites for hydroxylation is 1. The van der Waals surface area contributed by atoms with Crippen LogP contribution < -0.4 is 4.74 Å². The third-order valence-corrected chi connectivity index (χ3v) is 5.59. The predicted octanol–water partition coefficient (Wildman–Crippen LogP) is 3.25. The van der Waals surface area contributed by atoms with Gasteiger partial charge in [0.2, 0.25) is 0 Å². The molecule has 0 spiro atoms. The normalized spacial score (nSPS) is 12.2. The Hall–Kier alpha value is -1.57. The summed E-state index contributed by atoms with van der Waals surface area (Å²) in [6.45, 7) is 1.84. The molecule has 2 rings (SSSR count). The Kier molecular flexibility index (Phi) is 4.75. The first-order valence-corrected chi connectivity index (χ1v) is 10.6. The third-order valence-electron chi connectivity index (χ3n) is 3.05. The van der Waals surface area contributed by atoms with Crippen LogP contribution in [0.3, 0.4) is 0 Å². The van der Waals surface area contributed by atoms with E-state index in [2.05, 4.69) is 0 Å². The van der Waals surface area contributed by atoms with Crippen LogP contribution >= 0.6 is 11.6 Å². The van der Waals surface area contributed by atoms with E-state index in [4.69, 9.17) is 16.3 Å². The SMILES string of the molecule is Cc1ccc(Cl)c(Oc2ccc(S(C)(=O)=O)cc2S(C)(=O)=O)c1. The lowest BCUT2D eigenvalue weighted by atomic mass is 10.2. The summed E-state index contributed by atoms with van der Waals surface area (Å²) in [5.41, 5.74) is 0.887. The molecule has 0 aliphatic heterocycles. The number of ether oxygens (including phenoxy) is 1. The van der Waals surface area contributed by atoms with Crippen molar-refractivity contribution in [3.63, 3.8) is 0 Å². The van der Waals surface area contributed by atoms with Gasteiger partial charge in [-0.05, 0) is 42.8 Å². The summed E-state index contributed by atoms with van der Waals surface area (Å²) in [7, 11) is -7.23. The summed E-state index contributed by atoms with van der Waals surface area (Å²) in [6, 6.07) is 8.79. The molecule has 2 aromatic rings. The molecular weight excluding hydrogens is 360 g/mol. The molecule has 0 aromatic heterocycles. The summed E-state index contributed by atoms with van der Waals surface area (Å²) in [5.74, 6) is 0.316. The number of hydrogen-bond donors (Lipinski definition) is 0. The molecule has 8 heteroatoms. The monoisotopic (exact) mass is 374 g/mol. The second-order valence-corrected chi connectivity index (χ2v) is 9.60. The smallest absolute Gasteiger partial charge is 0.179 e. The van der Waals surface area contributed by atoms with Gasteiger partial charge in [-0.3, -0.25) is 0 Å². The van der Waals surface area contributed by atoms with Crippen LogP contribution in [0.15, 0.2) is 46.2 Å². The number of halogens is 1. The van der Waals surface area contributed by atoms with Crippen molar-refractivity contribution in [3.8, 4) is 11.5 Å². The van der Waals surface area contributed by atoms with Crippen LogP contribution in [0.25, 0.3) is 0 Å². The highest BCUT2D eigenvalue weighted by molar-refractivity contribution is 7.91. The van der Waals surface area contributed by atoms with E-state index < -0.39 is 19.7 Å². The summed E-state index contributed by atoms with van der Waals surface area (Å²) in [4.78, 5) is -0.307. The topological polar surface area (TPSA) is 77.5 Å². The molecule has 0 unspecified atom stereocenters. The molecular formula is C15H15ClO5S2. The summed E-state index contributed by atoms with van der Waals surface area (Å²) in [5, 5.41) is 0.322. The average molecular weight is 375 g/mol. The van der Waals surface area contributed by atoms with Gasteiger partial charge in [-0.1, -0.05) is 17.7 Å². The van der Waals surface area contributed by atoms with E-state index in [1.165, 1.54) is 12.1 Å². The molecule has 5 nitrogen and oxygen atoms in total. The first-order valence-electron chi connectivity index (χ1n) is 6.46. The van der Waals surface area contributed by atoms with Gasteiger partial charge >= 0.3 is 0 Å². The van der Waals surface area contributed by atoms with E-state index in [1.54, 1.807) is 18.2 Å². The highest BCUT2D eigenvalue weighted by Crippen LogP contribution is 2.35. The van der Waals surface area contributed by atoms with Crippen LogP contribution in [0.2, 0.25) is 5.02 Å². The van der Waals surface area contributed by atoms with E-state index >= 15 is 0 Å². The summed E-state index contributed by atoms with van der Waals surface area (Å²) < 4.78 is 52.8. The average Bonchev–Trinajstić information content (AvgIpc) is 2.41. The molecule has 2 aromatic carbocycles. The molecule has 0 heterocycles. The molecule has 0 amide bonds. The maximum Gasteiger partial charge on any atom is 0.179 e. The molecule has 0 N–H and O–H groups in total. The van der Waals surface area contributed by atoms with Gasteiger partial charge in [0.25, 0.3) is 0 Å². The molecule has 0 saturated heterocycles. The predicted molar refractivity (Wildman–Crippen MR) is 88.9 cm³/mol. The highest BCUT2D eigenvalue weighted by Gasteiger charge is 2.20. The zero-order chi connectivity index (χ0) is 17.4. The van der Waals surface area contributed by atoms with Gasteiger partial charge in [0.15, 0.2) is 19.7 Å². The molecule has 0 bridgehead atoms. The fourth-order valence-corrected chi connectivity index (χ4v) is 3.59. The Morgan fingerprint density at radius 3 is 2.09 bits per heavy atom. The zero-order valence-electron chi connectivity index (χ0n) is 12.7. The van der Waals surface area contributed by atoms with Crippen molar-refractivity contribution >= 4 is 31.3 Å². The number of sulfone groups is 2. The summed E-state index contributed by atoms with van der Waals surface area (Å²) in [6.07, 6.45) is 1.99. The largest absolute Gasteiger partial charge is 0.454 e. The Labute approximate surface area is 140 Å². The van der Waals surface area contributed by atoms with Gasteiger partial charge in [0, 0.05) is 12.5 Å². The van der Waals surface area contributed by atoms with Crippen LogP contribution in [0, 0.1) is 6.92 Å². The van der Waals surface area contributed by atoms with Crippen LogP contribution in [0.1, 0.15) is 5.56 Å². The van der Waals surface area contributed by atoms with Crippen LogP contribution in [0.4, 0.5) is 0 Å². The van der Waals surface area contributed by atoms with Crippen molar-refractivity contribution in [2.75, 3.05) is 12.5 Å². The van der Waals surface area contributed by atoms with E-state index in [0.717, 1.165) is 24.1 Å². The lowest BCUT2D eigenvalue weighted by Crippen LogP contribution is -2.04. The van der Waals surface area contributed by atoms with Gasteiger partial charge in [0.1, 0.15) is 16.4 Å². The van der Waals surface area contributed by atoms with Gasteiger partial charge in [-0.25, -0.2) is 16.8 Å². The van der Waals surface area contributed by atoms with Crippen LogP contribution in [0.5, 0.6) is 11.5 Å². The van der Waals surface area contributed by atoms with Crippen LogP contribution in [-0.2, 0) is 19.7 Å². The minimum atomic E-state index is -3.69. The molecule has 23 heavy (non-hydrogen) atoms. The first-order chi connectivity index (χ1) is 10.5. The second-order valence-electron chi connectivity index (χ2n) is 5.19. The minimum Gasteiger partial charge on any atom is -0.454 e. The fraction of sp³-hybridized carbons (Fsp3) is 0.200. The Balaban J connectivity index is 2.61. The van der Waals surface area contributed by atoms with E-state index in [1.807, 2.05) is 6.92 Å². The molecule has 0 radical (unpaired) electrons. The number of rotatable bonds is 4. The Morgan fingerprint density at radius 2 is 1.52 bits per heavy atom. The molecule has 0 aliphatic rings. The number of hydrogen-bond acceptors (Lipinski definition) is 5. The van der Waals surface area contributed by atoms with Crippen molar-refractivity contribution in [1.82, 2.24) is 0 Å². The molecule has 124 valence electrons. The third kappa shape index (κ3) is 4.25. The lowest BCUT2D eigenvalue weighted by Gasteiger charge is -2.13. The molecule has 0 aliphatic carbocycles. The van der Waals surface area contributed by atoms with Crippen LogP contribution in [-0.4, -0.2) is 29.3 Å². The van der Waals surface area contributed by atoms with E-state index in [0.29, 0.717) is 10.8 Å². The van der Waals surface area contributed by atoms with Crippen molar-refractivity contribution < 1.29 is 21.6 Å². The van der Waals surface area contributed by atoms with E-state index in [9.17, 15) is 16.8 Å². The van der Waals surface area contributed by atoms with E-state index in [-0.39, 0.29) is 15.5 Å². The van der Waals surface area contributed by atoms with Gasteiger partial charge in [-0.15, -0.1) is 0 Å². The first kappa shape index (κ1) is 17.8. The zero-order valence-corrected chi connectivity index (χ0v) is 15.1. The number of benzene rings is 2. The standard InChI is InChI=1S/C15H15ClO5S2/c1-10-4-6-12(16)14(8-10)21-13-7-5-11(22(2,17)18)9-15(13)23(3,19)20/h4-9H,1-3H3. The van der Waals surface area contributed by atoms with Crippen molar-refractivity contribution in [2.45, 2.75) is 16.7 Å². The highest BCUT2D eigenvalue weighted by atomic mass is 35.5. The van der Waals surface area contributed by atoms with Gasteiger partial charge in [0.05, 0.1) is 9.92 Å². The van der Waals surface area contributed by atoms with Crippen molar-refractivity contribution in [1.29, 1.82) is 0 Å². The fourth-order valence-electron chi connectivity index (χ4n) is 1.90. The Bertz CT molecular complexity index is 963. The quantitative estimate of drug-likeness (QED) is 0.820. The Morgan fingerprint density at radius 1 is 0.870 bits per heavy atom. The lowest BCUT2D eigenvalue weighted by molar-refractivity contribution is 0.467. The maximum atomic E-state index is 12.0. The van der Waals surface area contributed by atoms with Crippen molar-refractivity contribution in [3.05, 3.63) is 47.0 Å². The second kappa shape index (κ2) is 6.14. The molecule has 0 saturated carbocycles.